The SMILES string of the molecule is CC(=O)N1CCC[C@H]1C(=O)N[C@@H](CC(C)C)C(=O)N(CCCCNC(=O)OC(C)(C)C)CC(=O)N[C@@H](CCc1ccccc1)C(=O)N[C@@H](CC(C)C)C(=O)N[C@@H](CC(C)C)C(=O)N[C@H](CC(C)C)C(=O)NNC(=O)Cc1ccc(CN)cc1.O=C(O)C(F)(F)F. The van der Waals surface area contributed by atoms with Gasteiger partial charge in [-0.2, -0.15) is 13.2 Å². The first-order chi connectivity index (χ1) is 42.0. The molecule has 90 heavy (non-hydrogen) atoms. The van der Waals surface area contributed by atoms with E-state index in [-0.39, 0.29) is 81.2 Å². The average Bonchev–Trinajstić information content (AvgIpc) is 3.34. The molecule has 1 fully saturated rings. The summed E-state index contributed by atoms with van der Waals surface area (Å²) in [5.41, 5.74) is 12.3. The first-order valence-electron chi connectivity index (χ1n) is 30.7. The molecule has 6 atom stereocenters. The number of rotatable bonds is 32. The van der Waals surface area contributed by atoms with Crippen molar-refractivity contribution in [3.05, 3.63) is 71.3 Å². The van der Waals surface area contributed by atoms with Gasteiger partial charge in [-0.05, 0) is 125 Å². The molecule has 1 aliphatic rings. The molecular weight excluding hydrogens is 1180 g/mol. The van der Waals surface area contributed by atoms with Crippen LogP contribution in [0.1, 0.15) is 158 Å². The minimum Gasteiger partial charge on any atom is -0.475 e. The summed E-state index contributed by atoms with van der Waals surface area (Å²) in [5.74, 6) is -8.26. The number of halogens is 3. The molecule has 27 heteroatoms. The predicted octanol–water partition coefficient (Wildman–Crippen LogP) is 4.85. The maximum atomic E-state index is 14.7. The highest BCUT2D eigenvalue weighted by molar-refractivity contribution is 5.97. The fourth-order valence-corrected chi connectivity index (χ4v) is 9.60. The Morgan fingerprint density at radius 3 is 1.60 bits per heavy atom. The van der Waals surface area contributed by atoms with Crippen molar-refractivity contribution in [1.82, 2.24) is 52.6 Å². The zero-order valence-electron chi connectivity index (χ0n) is 54.2. The number of hydrogen-bond donors (Lipinski definition) is 10. The van der Waals surface area contributed by atoms with Crippen molar-refractivity contribution in [1.29, 1.82) is 0 Å². The molecule has 2 aromatic carbocycles. The number of carboxylic acids is 1. The van der Waals surface area contributed by atoms with E-state index in [0.29, 0.717) is 50.8 Å². The molecule has 2 aromatic rings. The Hall–Kier alpha value is -7.84. The normalized spacial score (nSPS) is 14.8. The van der Waals surface area contributed by atoms with E-state index in [2.05, 4.69) is 42.8 Å². The number of nitrogens with one attached hydrogen (secondary N) is 8. The minimum absolute atomic E-state index is 0.0201. The number of alkyl carbamates (subject to hydrolysis) is 1. The second-order valence-corrected chi connectivity index (χ2v) is 25.2. The van der Waals surface area contributed by atoms with Gasteiger partial charge in [0.25, 0.3) is 5.91 Å². The Kier molecular flexibility index (Phi) is 33.6. The second-order valence-electron chi connectivity index (χ2n) is 25.2. The molecule has 0 spiro atoms. The van der Waals surface area contributed by atoms with Crippen LogP contribution in [0.25, 0.3) is 0 Å². The number of ether oxygens (including phenoxy) is 1. The van der Waals surface area contributed by atoms with Gasteiger partial charge in [0.2, 0.25) is 47.3 Å². The zero-order valence-corrected chi connectivity index (χ0v) is 54.2. The summed E-state index contributed by atoms with van der Waals surface area (Å²) in [6.07, 6.45) is -2.78. The number of carbonyl (C=O) groups excluding carboxylic acids is 10. The lowest BCUT2D eigenvalue weighted by atomic mass is 9.98. The molecule has 0 unspecified atom stereocenters. The monoisotopic (exact) mass is 1270 g/mol. The van der Waals surface area contributed by atoms with Crippen molar-refractivity contribution in [2.45, 2.75) is 208 Å². The second kappa shape index (κ2) is 38.6. The van der Waals surface area contributed by atoms with Gasteiger partial charge in [0.1, 0.15) is 41.9 Å². The molecule has 0 aromatic heterocycles. The van der Waals surface area contributed by atoms with Crippen molar-refractivity contribution in [3.8, 4) is 0 Å². The number of carbonyl (C=O) groups is 11. The summed E-state index contributed by atoms with van der Waals surface area (Å²) in [4.78, 5) is 149. The van der Waals surface area contributed by atoms with Gasteiger partial charge in [0.05, 0.1) is 13.0 Å². The summed E-state index contributed by atoms with van der Waals surface area (Å²) < 4.78 is 37.1. The van der Waals surface area contributed by atoms with Crippen LogP contribution in [-0.2, 0) is 72.1 Å². The van der Waals surface area contributed by atoms with Crippen molar-refractivity contribution >= 4 is 65.2 Å². The smallest absolute Gasteiger partial charge is 0.475 e. The van der Waals surface area contributed by atoms with E-state index in [0.717, 1.165) is 11.1 Å². The van der Waals surface area contributed by atoms with Gasteiger partial charge in [0, 0.05) is 33.1 Å². The van der Waals surface area contributed by atoms with Gasteiger partial charge >= 0.3 is 18.2 Å². The minimum atomic E-state index is -5.08. The number of aryl methyl sites for hydroxylation is 1. The number of likely N-dealkylation sites (tertiary alicyclic amines) is 1. The van der Waals surface area contributed by atoms with Gasteiger partial charge < -0.3 is 57.3 Å². The third-order valence-electron chi connectivity index (χ3n) is 13.9. The number of amides is 10. The van der Waals surface area contributed by atoms with Gasteiger partial charge in [-0.3, -0.25) is 54.0 Å². The zero-order chi connectivity index (χ0) is 68.1. The van der Waals surface area contributed by atoms with Crippen molar-refractivity contribution in [2.24, 2.45) is 29.4 Å². The number of hydrogen-bond acceptors (Lipinski definition) is 13. The third-order valence-corrected chi connectivity index (χ3v) is 13.9. The van der Waals surface area contributed by atoms with Crippen LogP contribution < -0.4 is 48.5 Å². The highest BCUT2D eigenvalue weighted by atomic mass is 19.4. The first-order valence-corrected chi connectivity index (χ1v) is 30.7. The first kappa shape index (κ1) is 78.3. The Morgan fingerprint density at radius 2 is 1.12 bits per heavy atom. The molecule has 504 valence electrons. The fraction of sp³-hybridized carbons (Fsp3) is 0.635. The van der Waals surface area contributed by atoms with Gasteiger partial charge in [-0.15, -0.1) is 0 Å². The van der Waals surface area contributed by atoms with Crippen molar-refractivity contribution < 1.29 is 75.8 Å². The fourth-order valence-electron chi connectivity index (χ4n) is 9.60. The topological polar surface area (TPSA) is 346 Å². The number of nitrogens with two attached hydrogens (primary N) is 1. The summed E-state index contributed by atoms with van der Waals surface area (Å²) in [6, 6.07) is 9.98. The Morgan fingerprint density at radius 1 is 0.633 bits per heavy atom. The molecule has 0 bridgehead atoms. The van der Waals surface area contributed by atoms with Crippen molar-refractivity contribution in [2.75, 3.05) is 26.2 Å². The molecule has 1 aliphatic heterocycles. The van der Waals surface area contributed by atoms with Crippen LogP contribution >= 0.6 is 0 Å². The van der Waals surface area contributed by atoms with Crippen LogP contribution in [0.15, 0.2) is 54.6 Å². The highest BCUT2D eigenvalue weighted by Gasteiger charge is 2.39. The molecule has 10 amide bonds. The molecule has 3 rings (SSSR count). The van der Waals surface area contributed by atoms with Gasteiger partial charge in [0.15, 0.2) is 0 Å². The van der Waals surface area contributed by atoms with Crippen LogP contribution in [0.5, 0.6) is 0 Å². The lowest BCUT2D eigenvalue weighted by Gasteiger charge is -2.31. The van der Waals surface area contributed by atoms with Crippen LogP contribution in [0.2, 0.25) is 0 Å². The van der Waals surface area contributed by atoms with Gasteiger partial charge in [-0.25, -0.2) is 9.59 Å². The van der Waals surface area contributed by atoms with E-state index in [4.69, 9.17) is 20.4 Å². The maximum Gasteiger partial charge on any atom is 0.490 e. The predicted molar refractivity (Wildman–Crippen MR) is 331 cm³/mol. The van der Waals surface area contributed by atoms with E-state index in [1.165, 1.54) is 16.7 Å². The van der Waals surface area contributed by atoms with E-state index >= 15 is 0 Å². The van der Waals surface area contributed by atoms with Crippen LogP contribution in [0.3, 0.4) is 0 Å². The Bertz CT molecular complexity index is 2670. The van der Waals surface area contributed by atoms with Crippen LogP contribution in [-0.4, -0.2) is 154 Å². The molecule has 11 N–H and O–H groups in total. The summed E-state index contributed by atoms with van der Waals surface area (Å²) >= 11 is 0. The van der Waals surface area contributed by atoms with E-state index in [1.807, 2.05) is 97.9 Å². The lowest BCUT2D eigenvalue weighted by molar-refractivity contribution is -0.192. The molecule has 1 saturated heterocycles. The third kappa shape index (κ3) is 31.1. The summed E-state index contributed by atoms with van der Waals surface area (Å²) in [7, 11) is 0. The van der Waals surface area contributed by atoms with E-state index in [1.54, 1.807) is 32.9 Å². The molecule has 0 saturated carbocycles. The number of carboxylic acid groups (broad SMARTS) is 1. The quantitative estimate of drug-likeness (QED) is 0.0346. The molecule has 0 radical (unpaired) electrons. The number of alkyl halides is 3. The average molecular weight is 1270 g/mol. The van der Waals surface area contributed by atoms with Crippen molar-refractivity contribution in [3.63, 3.8) is 0 Å². The number of nitrogens with zero attached hydrogens (tertiary/aromatic N) is 2. The van der Waals surface area contributed by atoms with Crippen LogP contribution in [0.4, 0.5) is 18.0 Å². The largest absolute Gasteiger partial charge is 0.490 e. The highest BCUT2D eigenvalue weighted by Crippen LogP contribution is 2.20. The number of hydrazine groups is 1. The van der Waals surface area contributed by atoms with Gasteiger partial charge in [-0.1, -0.05) is 110 Å². The number of unbranched alkanes of at least 4 members (excludes halogenated alkanes) is 1. The summed E-state index contributed by atoms with van der Waals surface area (Å²) in [6.45, 7) is 22.1. The van der Waals surface area contributed by atoms with E-state index in [9.17, 15) is 61.1 Å². The Balaban J connectivity index is 0.00000371. The number of benzene rings is 2. The number of aliphatic carboxylic acids is 1. The summed E-state index contributed by atoms with van der Waals surface area (Å²) in [5, 5.41) is 24.1. The maximum absolute atomic E-state index is 14.7. The molecular formula is C63H98F3N11O13. The molecule has 0 aliphatic carbocycles. The standard InChI is InChI=1S/C61H97N11O11.C2HF3O2/c1-38(2)31-47(55(77)66-48(32-39(3)4)56(78)67-49(33-40(5)6)57(79)70-69-52(74)35-44-22-24-45(36-62)25-23-44)65-54(76)46(27-26-43-19-14-13-15-20-43)64-53(75)37-71(29-17-16-28-63-60(82)83-61(10,11)12)59(81)50(34-41(7)8)68-58(80)51-21-18-30-72(51)42(9)73;3-2(4,5)1(6)7/h13-15,19-20,22-25,38-41,46-51H,16-18,21,26-37,62H2,1-12H3,(H,63,82)(H,64,75)(H,65,76)(H,66,77)(H,67,78)(H,68,80)(H,69,74)(H,70,79);(H,6,7)/t46-,47-,48-,49+,50-,51-;/m0./s1. The lowest BCUT2D eigenvalue weighted by Crippen LogP contribution is -2.60. The molecule has 24 nitrogen and oxygen atoms in total. The Labute approximate surface area is 527 Å². The van der Waals surface area contributed by atoms with Crippen LogP contribution in [0, 0.1) is 23.7 Å². The molecule has 1 heterocycles. The van der Waals surface area contributed by atoms with E-state index < -0.39 is 114 Å².